The average molecular weight is 366 g/mol. The van der Waals surface area contributed by atoms with Crippen LogP contribution >= 0.6 is 0 Å². The van der Waals surface area contributed by atoms with Gasteiger partial charge in [-0.05, 0) is 60.7 Å². The molecule has 0 fully saturated rings. The zero-order valence-corrected chi connectivity index (χ0v) is 16.0. The van der Waals surface area contributed by atoms with Gasteiger partial charge in [-0.25, -0.2) is 0 Å². The summed E-state index contributed by atoms with van der Waals surface area (Å²) >= 11 is 0. The van der Waals surface area contributed by atoms with Crippen LogP contribution in [0.2, 0.25) is 0 Å². The minimum atomic E-state index is -0.0656. The number of carbonyl (C=O) groups excluding carboxylic acids is 2. The zero-order chi connectivity index (χ0) is 19.2. The second-order valence-corrected chi connectivity index (χ2v) is 6.65. The van der Waals surface area contributed by atoms with Crippen molar-refractivity contribution in [2.45, 2.75) is 26.7 Å². The normalized spacial score (nSPS) is 12.7. The maximum atomic E-state index is 12.2. The van der Waals surface area contributed by atoms with Gasteiger partial charge < -0.3 is 15.0 Å². The highest BCUT2D eigenvalue weighted by Crippen LogP contribution is 2.32. The summed E-state index contributed by atoms with van der Waals surface area (Å²) in [6, 6.07) is 13.8. The van der Waals surface area contributed by atoms with Gasteiger partial charge in [0, 0.05) is 44.5 Å². The smallest absolute Gasteiger partial charge is 0.251 e. The summed E-state index contributed by atoms with van der Waals surface area (Å²) in [5.74, 6) is 0.0159. The van der Waals surface area contributed by atoms with E-state index in [0.717, 1.165) is 36.2 Å². The summed E-state index contributed by atoms with van der Waals surface area (Å²) in [6.45, 7) is 6.28. The molecular weight excluding hydrogens is 340 g/mol. The number of anilines is 1. The van der Waals surface area contributed by atoms with Gasteiger partial charge in [0.15, 0.2) is 0 Å². The highest BCUT2D eigenvalue weighted by Gasteiger charge is 2.22. The molecule has 1 heterocycles. The molecule has 0 spiro atoms. The van der Waals surface area contributed by atoms with Crippen LogP contribution in [0, 0.1) is 0 Å². The van der Waals surface area contributed by atoms with Gasteiger partial charge in [-0.1, -0.05) is 18.2 Å². The molecule has 0 bridgehead atoms. The molecule has 0 unspecified atom stereocenters. The number of rotatable bonds is 7. The fourth-order valence-electron chi connectivity index (χ4n) is 3.35. The molecule has 2 amide bonds. The Kier molecular flexibility index (Phi) is 6.24. The highest BCUT2D eigenvalue weighted by atomic mass is 16.5. The van der Waals surface area contributed by atoms with E-state index in [4.69, 9.17) is 4.74 Å². The van der Waals surface area contributed by atoms with Crippen LogP contribution in [0.15, 0.2) is 42.5 Å². The van der Waals surface area contributed by atoms with E-state index in [1.54, 1.807) is 6.92 Å². The van der Waals surface area contributed by atoms with Crippen molar-refractivity contribution in [3.63, 3.8) is 0 Å². The number of carbonyl (C=O) groups is 2. The maximum Gasteiger partial charge on any atom is 0.251 e. The van der Waals surface area contributed by atoms with Crippen LogP contribution in [0.1, 0.15) is 36.2 Å². The first-order valence-electron chi connectivity index (χ1n) is 9.47. The van der Waals surface area contributed by atoms with E-state index in [0.29, 0.717) is 25.3 Å². The Morgan fingerprint density at radius 1 is 1.11 bits per heavy atom. The molecule has 0 saturated heterocycles. The minimum absolute atomic E-state index is 0.0656. The van der Waals surface area contributed by atoms with E-state index in [1.165, 1.54) is 5.56 Å². The molecule has 0 aliphatic carbocycles. The molecule has 0 saturated carbocycles. The summed E-state index contributed by atoms with van der Waals surface area (Å²) in [5, 5.41) is 2.91. The summed E-state index contributed by atoms with van der Waals surface area (Å²) in [4.78, 5) is 25.7. The van der Waals surface area contributed by atoms with Gasteiger partial charge in [-0.2, -0.15) is 0 Å². The lowest BCUT2D eigenvalue weighted by atomic mass is 10.0. The number of hydrogen-bond donors (Lipinski definition) is 1. The Balaban J connectivity index is 1.64. The number of nitrogens with one attached hydrogen (secondary N) is 1. The van der Waals surface area contributed by atoms with Gasteiger partial charge in [0.2, 0.25) is 5.91 Å². The maximum absolute atomic E-state index is 12.2. The number of benzene rings is 2. The SMILES string of the molecule is CCOCCCNC(=O)c1ccc(-c2ccc3c(c2)CCN3C(C)=O)cc1. The molecule has 1 aliphatic heterocycles. The lowest BCUT2D eigenvalue weighted by molar-refractivity contribution is -0.116. The van der Waals surface area contributed by atoms with Gasteiger partial charge in [-0.15, -0.1) is 0 Å². The molecule has 1 N–H and O–H groups in total. The second-order valence-electron chi connectivity index (χ2n) is 6.65. The molecule has 2 aromatic rings. The lowest BCUT2D eigenvalue weighted by Crippen LogP contribution is -2.25. The van der Waals surface area contributed by atoms with Crippen LogP contribution in [-0.4, -0.2) is 38.1 Å². The third-order valence-corrected chi connectivity index (χ3v) is 4.79. The van der Waals surface area contributed by atoms with Crippen LogP contribution in [0.4, 0.5) is 5.69 Å². The number of fused-ring (bicyclic) bond motifs is 1. The molecule has 142 valence electrons. The van der Waals surface area contributed by atoms with Crippen molar-refractivity contribution in [1.82, 2.24) is 5.32 Å². The van der Waals surface area contributed by atoms with Gasteiger partial charge in [0.05, 0.1) is 0 Å². The Labute approximate surface area is 160 Å². The fraction of sp³-hybridized carbons (Fsp3) is 0.364. The first-order valence-corrected chi connectivity index (χ1v) is 9.47. The molecule has 0 atom stereocenters. The van der Waals surface area contributed by atoms with E-state index in [1.807, 2.05) is 48.2 Å². The van der Waals surface area contributed by atoms with Crippen molar-refractivity contribution in [3.05, 3.63) is 53.6 Å². The third kappa shape index (κ3) is 4.55. The van der Waals surface area contributed by atoms with Crippen molar-refractivity contribution in [3.8, 4) is 11.1 Å². The van der Waals surface area contributed by atoms with E-state index in [2.05, 4.69) is 11.4 Å². The van der Waals surface area contributed by atoms with Crippen molar-refractivity contribution >= 4 is 17.5 Å². The molecule has 0 radical (unpaired) electrons. The summed E-state index contributed by atoms with van der Waals surface area (Å²) in [7, 11) is 0. The quantitative estimate of drug-likeness (QED) is 0.764. The van der Waals surface area contributed by atoms with E-state index < -0.39 is 0 Å². The van der Waals surface area contributed by atoms with Crippen LogP contribution in [0.3, 0.4) is 0 Å². The third-order valence-electron chi connectivity index (χ3n) is 4.79. The molecule has 1 aliphatic rings. The Bertz CT molecular complexity index is 815. The summed E-state index contributed by atoms with van der Waals surface area (Å²) in [5.41, 5.74) is 5.02. The van der Waals surface area contributed by atoms with Crippen LogP contribution in [-0.2, 0) is 16.0 Å². The standard InChI is InChI=1S/C22H26N2O3/c1-3-27-14-4-12-23-22(26)18-7-5-17(6-8-18)19-9-10-21-20(15-19)11-13-24(21)16(2)25/h5-10,15H,3-4,11-14H2,1-2H3,(H,23,26). The van der Waals surface area contributed by atoms with Gasteiger partial charge in [0.25, 0.3) is 5.91 Å². The lowest BCUT2D eigenvalue weighted by Gasteiger charge is -2.15. The number of nitrogens with zero attached hydrogens (tertiary/aromatic N) is 1. The Hall–Kier alpha value is -2.66. The second kappa shape index (κ2) is 8.82. The molecule has 27 heavy (non-hydrogen) atoms. The van der Waals surface area contributed by atoms with Gasteiger partial charge in [-0.3, -0.25) is 9.59 Å². The van der Waals surface area contributed by atoms with Crippen LogP contribution < -0.4 is 10.2 Å². The predicted octanol–water partition coefficient (Wildman–Crippen LogP) is 3.42. The van der Waals surface area contributed by atoms with Crippen molar-refractivity contribution in [1.29, 1.82) is 0 Å². The number of ether oxygens (including phenoxy) is 1. The van der Waals surface area contributed by atoms with Crippen molar-refractivity contribution in [2.75, 3.05) is 31.2 Å². The molecule has 5 nitrogen and oxygen atoms in total. The van der Waals surface area contributed by atoms with Crippen molar-refractivity contribution in [2.24, 2.45) is 0 Å². The molecular formula is C22H26N2O3. The number of hydrogen-bond acceptors (Lipinski definition) is 3. The Morgan fingerprint density at radius 3 is 2.56 bits per heavy atom. The summed E-state index contributed by atoms with van der Waals surface area (Å²) < 4.78 is 5.26. The topological polar surface area (TPSA) is 58.6 Å². The minimum Gasteiger partial charge on any atom is -0.382 e. The first kappa shape index (κ1) is 19.1. The molecule has 0 aromatic heterocycles. The molecule has 5 heteroatoms. The number of amides is 2. The van der Waals surface area contributed by atoms with Gasteiger partial charge >= 0.3 is 0 Å². The first-order chi connectivity index (χ1) is 13.1. The van der Waals surface area contributed by atoms with E-state index in [9.17, 15) is 9.59 Å². The van der Waals surface area contributed by atoms with Crippen LogP contribution in [0.25, 0.3) is 11.1 Å². The molecule has 2 aromatic carbocycles. The zero-order valence-electron chi connectivity index (χ0n) is 16.0. The highest BCUT2D eigenvalue weighted by molar-refractivity contribution is 5.95. The average Bonchev–Trinajstić information content (AvgIpc) is 3.11. The van der Waals surface area contributed by atoms with Gasteiger partial charge in [0.1, 0.15) is 0 Å². The fourth-order valence-corrected chi connectivity index (χ4v) is 3.35. The van der Waals surface area contributed by atoms with Crippen LogP contribution in [0.5, 0.6) is 0 Å². The van der Waals surface area contributed by atoms with E-state index in [-0.39, 0.29) is 11.8 Å². The Morgan fingerprint density at radius 2 is 1.85 bits per heavy atom. The predicted molar refractivity (Wildman–Crippen MR) is 107 cm³/mol. The van der Waals surface area contributed by atoms with Crippen molar-refractivity contribution < 1.29 is 14.3 Å². The largest absolute Gasteiger partial charge is 0.382 e. The monoisotopic (exact) mass is 366 g/mol. The summed E-state index contributed by atoms with van der Waals surface area (Å²) in [6.07, 6.45) is 1.69. The molecule has 3 rings (SSSR count). The van der Waals surface area contributed by atoms with E-state index >= 15 is 0 Å².